The third-order valence-corrected chi connectivity index (χ3v) is 3.55. The standard InChI is InChI=1S/C14H13FN8O3/c1-21-13(17-19-20-21)16-11(24)10-12(25)23(14(26)22(2)18-10)7-8-5-3-4-6-9(8)15/h3-6H,7H2,1-2H3,(H,16,17,20,24). The Labute approximate surface area is 144 Å². The summed E-state index contributed by atoms with van der Waals surface area (Å²) in [5, 5.41) is 16.5. The lowest BCUT2D eigenvalue weighted by Crippen LogP contribution is -2.44. The zero-order chi connectivity index (χ0) is 18.8. The molecule has 2 aromatic heterocycles. The first kappa shape index (κ1) is 17.1. The van der Waals surface area contributed by atoms with E-state index in [4.69, 9.17) is 0 Å². The molecule has 0 aliphatic rings. The number of carbonyl (C=O) groups is 1. The highest BCUT2D eigenvalue weighted by Crippen LogP contribution is 2.06. The first-order valence-electron chi connectivity index (χ1n) is 7.33. The van der Waals surface area contributed by atoms with Gasteiger partial charge in [-0.3, -0.25) is 19.5 Å². The number of aryl methyl sites for hydroxylation is 2. The molecule has 0 saturated heterocycles. The van der Waals surface area contributed by atoms with Gasteiger partial charge in [-0.05, 0) is 16.5 Å². The van der Waals surface area contributed by atoms with Crippen LogP contribution in [-0.2, 0) is 20.6 Å². The predicted octanol–water partition coefficient (Wildman–Crippen LogP) is -1.09. The van der Waals surface area contributed by atoms with Crippen molar-refractivity contribution in [3.8, 4) is 0 Å². The minimum absolute atomic E-state index is 0.00860. The van der Waals surface area contributed by atoms with Gasteiger partial charge < -0.3 is 0 Å². The average molecular weight is 360 g/mol. The summed E-state index contributed by atoms with van der Waals surface area (Å²) in [6.07, 6.45) is 0. The summed E-state index contributed by atoms with van der Waals surface area (Å²) in [5.41, 5.74) is -2.16. The Balaban J connectivity index is 2.03. The van der Waals surface area contributed by atoms with Crippen LogP contribution in [0.1, 0.15) is 16.1 Å². The van der Waals surface area contributed by atoms with Crippen LogP contribution in [0.3, 0.4) is 0 Å². The molecule has 2 heterocycles. The Morgan fingerprint density at radius 2 is 1.92 bits per heavy atom. The van der Waals surface area contributed by atoms with E-state index in [-0.39, 0.29) is 18.1 Å². The summed E-state index contributed by atoms with van der Waals surface area (Å²) < 4.78 is 16.6. The molecule has 1 N–H and O–H groups in total. The van der Waals surface area contributed by atoms with Crippen LogP contribution in [-0.4, -0.2) is 40.5 Å². The molecule has 3 rings (SSSR count). The van der Waals surface area contributed by atoms with E-state index in [1.54, 1.807) is 6.07 Å². The van der Waals surface area contributed by atoms with E-state index in [0.29, 0.717) is 0 Å². The van der Waals surface area contributed by atoms with Crippen molar-refractivity contribution in [3.63, 3.8) is 0 Å². The van der Waals surface area contributed by atoms with Crippen LogP contribution in [0.25, 0.3) is 0 Å². The molecule has 1 aromatic carbocycles. The maximum absolute atomic E-state index is 13.9. The highest BCUT2D eigenvalue weighted by atomic mass is 19.1. The van der Waals surface area contributed by atoms with Crippen LogP contribution in [0, 0.1) is 5.82 Å². The van der Waals surface area contributed by atoms with Gasteiger partial charge in [-0.15, -0.1) is 0 Å². The van der Waals surface area contributed by atoms with E-state index in [2.05, 4.69) is 25.9 Å². The van der Waals surface area contributed by atoms with Gasteiger partial charge in [0.2, 0.25) is 11.6 Å². The number of aromatic nitrogens is 7. The van der Waals surface area contributed by atoms with Crippen LogP contribution < -0.4 is 16.6 Å². The van der Waals surface area contributed by atoms with Gasteiger partial charge in [0.15, 0.2) is 0 Å². The molecule has 26 heavy (non-hydrogen) atoms. The number of benzene rings is 1. The number of carbonyl (C=O) groups excluding carboxylic acids is 1. The maximum atomic E-state index is 13.9. The molecule has 0 radical (unpaired) electrons. The zero-order valence-electron chi connectivity index (χ0n) is 13.7. The number of halogens is 1. The van der Waals surface area contributed by atoms with Crippen molar-refractivity contribution >= 4 is 11.9 Å². The molecule has 3 aromatic rings. The Bertz CT molecular complexity index is 1100. The summed E-state index contributed by atoms with van der Waals surface area (Å²) in [4.78, 5) is 37.1. The fourth-order valence-electron chi connectivity index (χ4n) is 2.20. The second-order valence-corrected chi connectivity index (χ2v) is 5.32. The number of nitrogens with one attached hydrogen (secondary N) is 1. The number of anilines is 1. The van der Waals surface area contributed by atoms with E-state index in [1.807, 2.05) is 0 Å². The molecule has 134 valence electrons. The molecule has 0 aliphatic carbocycles. The molecule has 0 bridgehead atoms. The molecule has 0 spiro atoms. The smallest absolute Gasteiger partial charge is 0.288 e. The monoisotopic (exact) mass is 360 g/mol. The normalized spacial score (nSPS) is 10.7. The molecule has 0 aliphatic heterocycles. The van der Waals surface area contributed by atoms with Crippen LogP contribution in [0.2, 0.25) is 0 Å². The Hall–Kier alpha value is -3.70. The summed E-state index contributed by atoms with van der Waals surface area (Å²) in [5.74, 6) is -1.48. The fraction of sp³-hybridized carbons (Fsp3) is 0.214. The average Bonchev–Trinajstić information content (AvgIpc) is 3.01. The van der Waals surface area contributed by atoms with E-state index in [9.17, 15) is 18.8 Å². The zero-order valence-corrected chi connectivity index (χ0v) is 13.7. The van der Waals surface area contributed by atoms with Gasteiger partial charge in [0.1, 0.15) is 5.82 Å². The largest absolute Gasteiger partial charge is 0.347 e. The van der Waals surface area contributed by atoms with Crippen LogP contribution in [0.4, 0.5) is 10.3 Å². The van der Waals surface area contributed by atoms with Crippen molar-refractivity contribution in [2.45, 2.75) is 6.54 Å². The van der Waals surface area contributed by atoms with Gasteiger partial charge in [-0.2, -0.15) is 5.10 Å². The fourth-order valence-corrected chi connectivity index (χ4v) is 2.20. The van der Waals surface area contributed by atoms with Crippen molar-refractivity contribution in [2.75, 3.05) is 5.32 Å². The number of nitrogens with zero attached hydrogens (tertiary/aromatic N) is 7. The second kappa shape index (κ2) is 6.66. The summed E-state index contributed by atoms with van der Waals surface area (Å²) >= 11 is 0. The van der Waals surface area contributed by atoms with Crippen LogP contribution in [0.15, 0.2) is 33.9 Å². The molecule has 0 unspecified atom stereocenters. The number of hydrogen-bond donors (Lipinski definition) is 1. The van der Waals surface area contributed by atoms with Crippen LogP contribution >= 0.6 is 0 Å². The Kier molecular flexibility index (Phi) is 4.39. The number of hydrogen-bond acceptors (Lipinski definition) is 7. The van der Waals surface area contributed by atoms with Gasteiger partial charge in [0, 0.05) is 19.7 Å². The molecule has 11 nitrogen and oxygen atoms in total. The molecular weight excluding hydrogens is 347 g/mol. The first-order valence-corrected chi connectivity index (χ1v) is 7.33. The highest BCUT2D eigenvalue weighted by molar-refractivity contribution is 6.01. The lowest BCUT2D eigenvalue weighted by molar-refractivity contribution is 0.101. The van der Waals surface area contributed by atoms with Gasteiger partial charge >= 0.3 is 5.69 Å². The number of tetrazole rings is 1. The summed E-state index contributed by atoms with van der Waals surface area (Å²) in [7, 11) is 2.76. The molecular formula is C14H13FN8O3. The lowest BCUT2D eigenvalue weighted by Gasteiger charge is -2.10. The van der Waals surface area contributed by atoms with Gasteiger partial charge in [-0.25, -0.2) is 18.5 Å². The summed E-state index contributed by atoms with van der Waals surface area (Å²) in [6.45, 7) is -0.341. The van der Waals surface area contributed by atoms with Crippen molar-refractivity contribution in [1.29, 1.82) is 0 Å². The number of amides is 1. The highest BCUT2D eigenvalue weighted by Gasteiger charge is 2.20. The summed E-state index contributed by atoms with van der Waals surface area (Å²) in [6, 6.07) is 5.71. The molecule has 0 saturated carbocycles. The second-order valence-electron chi connectivity index (χ2n) is 5.32. The maximum Gasteiger partial charge on any atom is 0.347 e. The quantitative estimate of drug-likeness (QED) is 0.625. The minimum Gasteiger partial charge on any atom is -0.288 e. The van der Waals surface area contributed by atoms with Crippen molar-refractivity contribution in [2.24, 2.45) is 14.1 Å². The van der Waals surface area contributed by atoms with E-state index >= 15 is 0 Å². The van der Waals surface area contributed by atoms with Crippen molar-refractivity contribution < 1.29 is 9.18 Å². The van der Waals surface area contributed by atoms with Gasteiger partial charge in [0.05, 0.1) is 6.54 Å². The molecule has 0 fully saturated rings. The van der Waals surface area contributed by atoms with Crippen molar-refractivity contribution in [3.05, 3.63) is 62.2 Å². The SMILES string of the molecule is Cn1nnnc1NC(=O)c1nn(C)c(=O)n(Cc2ccccc2F)c1=O. The van der Waals surface area contributed by atoms with E-state index in [1.165, 1.54) is 37.0 Å². The lowest BCUT2D eigenvalue weighted by atomic mass is 10.2. The van der Waals surface area contributed by atoms with Gasteiger partial charge in [-0.1, -0.05) is 23.3 Å². The van der Waals surface area contributed by atoms with Gasteiger partial charge in [0.25, 0.3) is 11.5 Å². The number of rotatable bonds is 4. The Morgan fingerprint density at radius 1 is 1.19 bits per heavy atom. The van der Waals surface area contributed by atoms with Crippen molar-refractivity contribution in [1.82, 2.24) is 34.6 Å². The topological polar surface area (TPSA) is 130 Å². The predicted molar refractivity (Wildman–Crippen MR) is 86.0 cm³/mol. The van der Waals surface area contributed by atoms with E-state index in [0.717, 1.165) is 9.25 Å². The van der Waals surface area contributed by atoms with Crippen LogP contribution in [0.5, 0.6) is 0 Å². The minimum atomic E-state index is -0.955. The Morgan fingerprint density at radius 3 is 2.58 bits per heavy atom. The third kappa shape index (κ3) is 3.11. The first-order chi connectivity index (χ1) is 12.4. The third-order valence-electron chi connectivity index (χ3n) is 3.55. The molecule has 12 heteroatoms. The molecule has 1 amide bonds. The van der Waals surface area contributed by atoms with E-state index < -0.39 is 28.7 Å². The molecule has 0 atom stereocenters.